The van der Waals surface area contributed by atoms with Gasteiger partial charge in [-0.3, -0.25) is 9.58 Å². The van der Waals surface area contributed by atoms with Crippen LogP contribution >= 0.6 is 0 Å². The maximum absolute atomic E-state index is 11.8. The molecule has 6 rings (SSSR count). The van der Waals surface area contributed by atoms with Crippen molar-refractivity contribution in [2.75, 3.05) is 24.2 Å². The van der Waals surface area contributed by atoms with E-state index in [4.69, 9.17) is 0 Å². The first-order valence-corrected chi connectivity index (χ1v) is 13.0. The van der Waals surface area contributed by atoms with E-state index in [2.05, 4.69) is 38.3 Å². The maximum Gasteiger partial charge on any atom is 0.150 e. The average molecular weight is 441 g/mol. The Hall–Kier alpha value is -2.39. The third-order valence-corrected chi connectivity index (χ3v) is 9.10. The van der Waals surface area contributed by atoms with Gasteiger partial charge in [-0.15, -0.1) is 0 Å². The zero-order valence-corrected chi connectivity index (χ0v) is 18.7. The van der Waals surface area contributed by atoms with Gasteiger partial charge in [0.25, 0.3) is 0 Å². The van der Waals surface area contributed by atoms with Crippen LogP contribution < -0.4 is 4.90 Å². The van der Waals surface area contributed by atoms with Gasteiger partial charge < -0.3 is 4.90 Å². The molecule has 164 valence electrons. The summed E-state index contributed by atoms with van der Waals surface area (Å²) >= 11 is 0. The zero-order chi connectivity index (χ0) is 21.3. The molecule has 3 fully saturated rings. The van der Waals surface area contributed by atoms with E-state index >= 15 is 0 Å². The monoisotopic (exact) mass is 440 g/mol. The van der Waals surface area contributed by atoms with E-state index in [1.165, 1.54) is 24.8 Å². The first-order chi connectivity index (χ1) is 14.9. The SMILES string of the molecule is Cn1cc(-c2cc3c(N4C[C@@H]5CC[C@@H](C4)N5C4CC(S(C)(=O)=O)C4)ccnn3c2)cn1. The molecule has 1 saturated carbocycles. The first-order valence-electron chi connectivity index (χ1n) is 11.0. The first kappa shape index (κ1) is 19.3. The molecule has 0 spiro atoms. The van der Waals surface area contributed by atoms with Gasteiger partial charge in [0.2, 0.25) is 0 Å². The molecule has 2 aliphatic heterocycles. The molecule has 2 bridgehead atoms. The molecule has 3 aromatic rings. The predicted octanol–water partition coefficient (Wildman–Crippen LogP) is 1.96. The summed E-state index contributed by atoms with van der Waals surface area (Å²) in [5.74, 6) is 0. The quantitative estimate of drug-likeness (QED) is 0.617. The third-order valence-electron chi connectivity index (χ3n) is 7.50. The second kappa shape index (κ2) is 6.80. The second-order valence-corrected chi connectivity index (χ2v) is 11.8. The van der Waals surface area contributed by atoms with Crippen molar-refractivity contribution in [3.63, 3.8) is 0 Å². The summed E-state index contributed by atoms with van der Waals surface area (Å²) in [6, 6.07) is 5.77. The van der Waals surface area contributed by atoms with Crippen LogP contribution in [0.3, 0.4) is 0 Å². The zero-order valence-electron chi connectivity index (χ0n) is 17.9. The number of aryl methyl sites for hydroxylation is 1. The lowest BCUT2D eigenvalue weighted by Crippen LogP contribution is -2.61. The number of rotatable bonds is 4. The highest BCUT2D eigenvalue weighted by molar-refractivity contribution is 7.91. The number of hydrogen-bond donors (Lipinski definition) is 0. The molecule has 2 atom stereocenters. The van der Waals surface area contributed by atoms with Crippen LogP contribution in [0.5, 0.6) is 0 Å². The molecule has 2 saturated heterocycles. The van der Waals surface area contributed by atoms with Crippen molar-refractivity contribution in [1.82, 2.24) is 24.3 Å². The number of sulfone groups is 1. The lowest BCUT2D eigenvalue weighted by Gasteiger charge is -2.50. The summed E-state index contributed by atoms with van der Waals surface area (Å²) in [5, 5.41) is 8.69. The maximum atomic E-state index is 11.8. The summed E-state index contributed by atoms with van der Waals surface area (Å²) in [4.78, 5) is 5.16. The van der Waals surface area contributed by atoms with Gasteiger partial charge in [0.05, 0.1) is 22.7 Å². The highest BCUT2D eigenvalue weighted by atomic mass is 32.2. The van der Waals surface area contributed by atoms with Crippen LogP contribution in [0.15, 0.2) is 36.9 Å². The number of hydrogen-bond acceptors (Lipinski definition) is 6. The number of aromatic nitrogens is 4. The van der Waals surface area contributed by atoms with E-state index < -0.39 is 9.84 Å². The number of nitrogens with zero attached hydrogens (tertiary/aromatic N) is 6. The molecule has 3 aliphatic rings. The minimum atomic E-state index is -2.90. The number of piperazine rings is 1. The van der Waals surface area contributed by atoms with Crippen molar-refractivity contribution >= 4 is 21.0 Å². The molecule has 0 aromatic carbocycles. The van der Waals surface area contributed by atoms with Gasteiger partial charge in [-0.2, -0.15) is 10.2 Å². The molecular formula is C22H28N6O2S. The number of fused-ring (bicyclic) bond motifs is 3. The van der Waals surface area contributed by atoms with Gasteiger partial charge in [0.15, 0.2) is 0 Å². The molecular weight excluding hydrogens is 412 g/mol. The Kier molecular flexibility index (Phi) is 4.24. The highest BCUT2D eigenvalue weighted by Crippen LogP contribution is 2.42. The number of anilines is 1. The van der Waals surface area contributed by atoms with Crippen molar-refractivity contribution in [3.05, 3.63) is 36.9 Å². The minimum absolute atomic E-state index is 0.138. The van der Waals surface area contributed by atoms with Gasteiger partial charge in [-0.1, -0.05) is 0 Å². The predicted molar refractivity (Wildman–Crippen MR) is 120 cm³/mol. The Morgan fingerprint density at radius 3 is 2.39 bits per heavy atom. The van der Waals surface area contributed by atoms with Crippen LogP contribution in [0.25, 0.3) is 16.6 Å². The van der Waals surface area contributed by atoms with Gasteiger partial charge in [0, 0.05) is 74.2 Å². The van der Waals surface area contributed by atoms with Crippen LogP contribution in [0.4, 0.5) is 5.69 Å². The van der Waals surface area contributed by atoms with E-state index in [9.17, 15) is 8.42 Å². The van der Waals surface area contributed by atoms with Gasteiger partial charge in [-0.05, 0) is 37.8 Å². The molecule has 1 aliphatic carbocycles. The lowest BCUT2D eigenvalue weighted by molar-refractivity contribution is 0.0647. The van der Waals surface area contributed by atoms with E-state index in [1.54, 1.807) is 0 Å². The van der Waals surface area contributed by atoms with Crippen molar-refractivity contribution in [3.8, 4) is 11.1 Å². The van der Waals surface area contributed by atoms with Gasteiger partial charge >= 0.3 is 0 Å². The molecule has 0 N–H and O–H groups in total. The van der Waals surface area contributed by atoms with E-state index in [0.717, 1.165) is 42.6 Å². The van der Waals surface area contributed by atoms with Crippen molar-refractivity contribution in [1.29, 1.82) is 0 Å². The minimum Gasteiger partial charge on any atom is -0.367 e. The van der Waals surface area contributed by atoms with Crippen LogP contribution in [0.2, 0.25) is 0 Å². The van der Waals surface area contributed by atoms with Crippen molar-refractivity contribution in [2.24, 2.45) is 7.05 Å². The summed E-state index contributed by atoms with van der Waals surface area (Å²) in [6.45, 7) is 1.98. The summed E-state index contributed by atoms with van der Waals surface area (Å²) in [5.41, 5.74) is 4.56. The molecule has 8 nitrogen and oxygen atoms in total. The Labute approximate surface area is 182 Å². The van der Waals surface area contributed by atoms with Crippen LogP contribution in [0, 0.1) is 0 Å². The van der Waals surface area contributed by atoms with Crippen molar-refractivity contribution in [2.45, 2.75) is 49.1 Å². The molecule has 5 heterocycles. The Balaban J connectivity index is 1.25. The Morgan fingerprint density at radius 2 is 1.74 bits per heavy atom. The van der Waals surface area contributed by atoms with Gasteiger partial charge in [0.1, 0.15) is 9.84 Å². The Bertz CT molecular complexity index is 1230. The topological polar surface area (TPSA) is 75.7 Å². The largest absolute Gasteiger partial charge is 0.367 e. The van der Waals surface area contributed by atoms with E-state index in [1.807, 2.05) is 34.8 Å². The van der Waals surface area contributed by atoms with E-state index in [0.29, 0.717) is 18.1 Å². The summed E-state index contributed by atoms with van der Waals surface area (Å²) < 4.78 is 27.5. The second-order valence-electron chi connectivity index (χ2n) is 9.49. The molecule has 31 heavy (non-hydrogen) atoms. The summed E-state index contributed by atoms with van der Waals surface area (Å²) in [7, 11) is -0.973. The normalized spacial score (nSPS) is 28.9. The van der Waals surface area contributed by atoms with Crippen LogP contribution in [0.1, 0.15) is 25.7 Å². The van der Waals surface area contributed by atoms with Crippen LogP contribution in [-0.2, 0) is 16.9 Å². The fourth-order valence-corrected chi connectivity index (χ4v) is 7.00. The molecule has 9 heteroatoms. The molecule has 0 amide bonds. The fourth-order valence-electron chi connectivity index (χ4n) is 5.85. The smallest absolute Gasteiger partial charge is 0.150 e. The van der Waals surface area contributed by atoms with E-state index in [-0.39, 0.29) is 5.25 Å². The molecule has 0 unspecified atom stereocenters. The molecule has 0 radical (unpaired) electrons. The fraction of sp³-hybridized carbons (Fsp3) is 0.545. The lowest BCUT2D eigenvalue weighted by atomic mass is 9.88. The van der Waals surface area contributed by atoms with Crippen LogP contribution in [-0.4, -0.2) is 75.4 Å². The summed E-state index contributed by atoms with van der Waals surface area (Å²) in [6.07, 6.45) is 13.2. The highest BCUT2D eigenvalue weighted by Gasteiger charge is 2.49. The standard InChI is InChI=1S/C22H28N6O2S/c1-25-11-16(10-24-25)15-7-22-21(5-6-23-27(22)12-15)26-13-17-3-4-18(14-26)28(17)19-8-20(9-19)31(2,29)30/h5-7,10-12,17-20H,3-4,8-9,13-14H2,1-2H3/t17-,18-,19?,20?/m0/s1. The Morgan fingerprint density at radius 1 is 1.00 bits per heavy atom. The molecule has 3 aromatic heterocycles. The average Bonchev–Trinajstić information content (AvgIpc) is 3.35. The van der Waals surface area contributed by atoms with Gasteiger partial charge in [-0.25, -0.2) is 12.9 Å². The third kappa shape index (κ3) is 3.17. The van der Waals surface area contributed by atoms with Crippen molar-refractivity contribution < 1.29 is 8.42 Å².